The molecule has 0 bridgehead atoms. The van der Waals surface area contributed by atoms with E-state index in [2.05, 4.69) is 4.98 Å². The molecule has 2 rings (SSSR count). The van der Waals surface area contributed by atoms with Gasteiger partial charge in [0, 0.05) is 24.0 Å². The summed E-state index contributed by atoms with van der Waals surface area (Å²) >= 11 is 0. The van der Waals surface area contributed by atoms with Gasteiger partial charge in [0.25, 0.3) is 0 Å². The molecule has 3 nitrogen and oxygen atoms in total. The maximum Gasteiger partial charge on any atom is 0.182 e. The zero-order chi connectivity index (χ0) is 8.55. The van der Waals surface area contributed by atoms with Gasteiger partial charge in [-0.3, -0.25) is 4.79 Å². The Morgan fingerprint density at radius 3 is 3.08 bits per heavy atom. The minimum absolute atomic E-state index is 0.0405. The van der Waals surface area contributed by atoms with Crippen molar-refractivity contribution in [1.82, 2.24) is 9.38 Å². The second-order valence-electron chi connectivity index (χ2n) is 2.71. The van der Waals surface area contributed by atoms with E-state index in [1.165, 1.54) is 0 Å². The average molecular weight is 160 g/mol. The molecule has 0 saturated heterocycles. The molecule has 2 heterocycles. The SMILES string of the molecule is Cc1cc(=O)cc2ccncn12. The van der Waals surface area contributed by atoms with E-state index >= 15 is 0 Å². The minimum Gasteiger partial charge on any atom is -0.305 e. The van der Waals surface area contributed by atoms with Crippen LogP contribution in [0.15, 0.2) is 35.5 Å². The number of nitrogens with zero attached hydrogens (tertiary/aromatic N) is 2. The maximum absolute atomic E-state index is 11.1. The van der Waals surface area contributed by atoms with Crippen molar-refractivity contribution in [3.8, 4) is 0 Å². The smallest absolute Gasteiger partial charge is 0.182 e. The first kappa shape index (κ1) is 7.03. The second-order valence-corrected chi connectivity index (χ2v) is 2.71. The normalized spacial score (nSPS) is 10.4. The van der Waals surface area contributed by atoms with Gasteiger partial charge in [0.15, 0.2) is 5.43 Å². The molecule has 0 amide bonds. The van der Waals surface area contributed by atoms with Gasteiger partial charge in [-0.1, -0.05) is 0 Å². The summed E-state index contributed by atoms with van der Waals surface area (Å²) in [6, 6.07) is 5.00. The summed E-state index contributed by atoms with van der Waals surface area (Å²) in [5.41, 5.74) is 1.83. The van der Waals surface area contributed by atoms with E-state index in [-0.39, 0.29) is 5.43 Å². The van der Waals surface area contributed by atoms with Crippen molar-refractivity contribution >= 4 is 5.52 Å². The standard InChI is InChI=1S/C9H8N2O/c1-7-4-9(12)5-8-2-3-10-6-11(7)8/h2-6H,1H3. The van der Waals surface area contributed by atoms with Crippen LogP contribution in [-0.2, 0) is 0 Å². The summed E-state index contributed by atoms with van der Waals surface area (Å²) in [5.74, 6) is 0. The third-order valence-electron chi connectivity index (χ3n) is 1.81. The number of hydrogen-bond acceptors (Lipinski definition) is 2. The number of aromatic nitrogens is 2. The number of aryl methyl sites for hydroxylation is 1. The van der Waals surface area contributed by atoms with Crippen molar-refractivity contribution in [2.24, 2.45) is 0 Å². The summed E-state index contributed by atoms with van der Waals surface area (Å²) in [7, 11) is 0. The molecule has 60 valence electrons. The van der Waals surface area contributed by atoms with Gasteiger partial charge in [-0.2, -0.15) is 0 Å². The molecule has 0 aliphatic rings. The lowest BCUT2D eigenvalue weighted by atomic mass is 10.3. The fraction of sp³-hybridized carbons (Fsp3) is 0.111. The van der Waals surface area contributed by atoms with E-state index in [4.69, 9.17) is 0 Å². The highest BCUT2D eigenvalue weighted by molar-refractivity contribution is 5.45. The molecule has 0 unspecified atom stereocenters. The van der Waals surface area contributed by atoms with E-state index in [1.54, 1.807) is 24.7 Å². The van der Waals surface area contributed by atoms with Crippen LogP contribution in [0.4, 0.5) is 0 Å². The fourth-order valence-corrected chi connectivity index (χ4v) is 1.25. The first-order valence-electron chi connectivity index (χ1n) is 3.70. The Labute approximate surface area is 69.3 Å². The van der Waals surface area contributed by atoms with Crippen LogP contribution in [0.1, 0.15) is 5.69 Å². The van der Waals surface area contributed by atoms with Gasteiger partial charge in [0.05, 0.1) is 11.8 Å². The Kier molecular flexibility index (Phi) is 1.43. The lowest BCUT2D eigenvalue weighted by molar-refractivity contribution is 1.01. The highest BCUT2D eigenvalue weighted by Gasteiger charge is 1.94. The summed E-state index contributed by atoms with van der Waals surface area (Å²) in [6.45, 7) is 1.88. The van der Waals surface area contributed by atoms with Crippen molar-refractivity contribution in [2.75, 3.05) is 0 Å². The van der Waals surface area contributed by atoms with Crippen molar-refractivity contribution in [3.63, 3.8) is 0 Å². The Bertz CT molecular complexity index is 473. The van der Waals surface area contributed by atoms with Crippen molar-refractivity contribution in [3.05, 3.63) is 46.6 Å². The predicted molar refractivity (Wildman–Crippen MR) is 46.2 cm³/mol. The molecule has 2 aromatic heterocycles. The highest BCUT2D eigenvalue weighted by Crippen LogP contribution is 2.00. The molecule has 0 atom stereocenters. The van der Waals surface area contributed by atoms with Crippen molar-refractivity contribution < 1.29 is 0 Å². The van der Waals surface area contributed by atoms with Crippen LogP contribution in [0.2, 0.25) is 0 Å². The van der Waals surface area contributed by atoms with Crippen LogP contribution in [0.25, 0.3) is 5.52 Å². The predicted octanol–water partition coefficient (Wildman–Crippen LogP) is 1.00. The molecule has 0 spiro atoms. The Hall–Kier alpha value is -1.64. The topological polar surface area (TPSA) is 34.4 Å². The van der Waals surface area contributed by atoms with Crippen LogP contribution in [0.3, 0.4) is 0 Å². The number of hydrogen-bond donors (Lipinski definition) is 0. The van der Waals surface area contributed by atoms with Gasteiger partial charge in [0.2, 0.25) is 0 Å². The van der Waals surface area contributed by atoms with Crippen LogP contribution in [0.5, 0.6) is 0 Å². The van der Waals surface area contributed by atoms with Gasteiger partial charge in [0.1, 0.15) is 0 Å². The largest absolute Gasteiger partial charge is 0.305 e. The molecule has 0 aromatic carbocycles. The number of fused-ring (bicyclic) bond motifs is 1. The minimum atomic E-state index is 0.0405. The third-order valence-corrected chi connectivity index (χ3v) is 1.81. The molecule has 0 saturated carbocycles. The average Bonchev–Trinajstić information content (AvgIpc) is 2.04. The third kappa shape index (κ3) is 0.993. The van der Waals surface area contributed by atoms with Crippen LogP contribution < -0.4 is 5.43 Å². The number of pyridine rings is 1. The molecule has 2 aromatic rings. The van der Waals surface area contributed by atoms with Crippen LogP contribution in [0, 0.1) is 6.92 Å². The summed E-state index contributed by atoms with van der Waals surface area (Å²) in [5, 5.41) is 0. The van der Waals surface area contributed by atoms with Gasteiger partial charge in [-0.25, -0.2) is 4.98 Å². The van der Waals surface area contributed by atoms with Crippen LogP contribution in [-0.4, -0.2) is 9.38 Å². The maximum atomic E-state index is 11.1. The fourth-order valence-electron chi connectivity index (χ4n) is 1.25. The molecule has 12 heavy (non-hydrogen) atoms. The Morgan fingerprint density at radius 1 is 1.42 bits per heavy atom. The summed E-state index contributed by atoms with van der Waals surface area (Å²) < 4.78 is 1.88. The molecule has 3 heteroatoms. The summed E-state index contributed by atoms with van der Waals surface area (Å²) in [4.78, 5) is 15.0. The Balaban J connectivity index is 2.99. The van der Waals surface area contributed by atoms with E-state index in [0.717, 1.165) is 11.2 Å². The molecular formula is C9H8N2O. The van der Waals surface area contributed by atoms with Crippen molar-refractivity contribution in [1.29, 1.82) is 0 Å². The van der Waals surface area contributed by atoms with Gasteiger partial charge in [-0.15, -0.1) is 0 Å². The first-order chi connectivity index (χ1) is 5.77. The van der Waals surface area contributed by atoms with Gasteiger partial charge >= 0.3 is 0 Å². The zero-order valence-corrected chi connectivity index (χ0v) is 6.69. The molecular weight excluding hydrogens is 152 g/mol. The van der Waals surface area contributed by atoms with E-state index < -0.39 is 0 Å². The van der Waals surface area contributed by atoms with Crippen LogP contribution >= 0.6 is 0 Å². The second kappa shape index (κ2) is 2.44. The molecule has 0 N–H and O–H groups in total. The molecule has 0 radical (unpaired) electrons. The monoisotopic (exact) mass is 160 g/mol. The lowest BCUT2D eigenvalue weighted by Crippen LogP contribution is -2.04. The van der Waals surface area contributed by atoms with E-state index in [9.17, 15) is 4.79 Å². The van der Waals surface area contributed by atoms with Gasteiger partial charge in [-0.05, 0) is 13.0 Å². The van der Waals surface area contributed by atoms with E-state index in [1.807, 2.05) is 17.4 Å². The zero-order valence-electron chi connectivity index (χ0n) is 6.69. The molecule has 0 fully saturated rings. The molecule has 0 aliphatic heterocycles. The molecule has 0 aliphatic carbocycles. The first-order valence-corrected chi connectivity index (χ1v) is 3.70. The lowest BCUT2D eigenvalue weighted by Gasteiger charge is -2.01. The van der Waals surface area contributed by atoms with Gasteiger partial charge < -0.3 is 4.40 Å². The van der Waals surface area contributed by atoms with Crippen molar-refractivity contribution in [2.45, 2.75) is 6.92 Å². The number of rotatable bonds is 0. The van der Waals surface area contributed by atoms with E-state index in [0.29, 0.717) is 0 Å². The highest BCUT2D eigenvalue weighted by atomic mass is 16.1. The summed E-state index contributed by atoms with van der Waals surface area (Å²) in [6.07, 6.45) is 3.37. The Morgan fingerprint density at radius 2 is 2.25 bits per heavy atom. The quantitative estimate of drug-likeness (QED) is 0.576.